The lowest BCUT2D eigenvalue weighted by atomic mass is 10.1. The van der Waals surface area contributed by atoms with Gasteiger partial charge in [-0.25, -0.2) is 4.79 Å². The summed E-state index contributed by atoms with van der Waals surface area (Å²) < 4.78 is 20.8. The summed E-state index contributed by atoms with van der Waals surface area (Å²) in [6.45, 7) is 3.25. The Labute approximate surface area is 257 Å². The van der Waals surface area contributed by atoms with Gasteiger partial charge in [-0.15, -0.1) is 10.1 Å². The van der Waals surface area contributed by atoms with Crippen LogP contribution < -0.4 is 14.8 Å². The lowest BCUT2D eigenvalue weighted by Gasteiger charge is -2.22. The highest BCUT2D eigenvalue weighted by Crippen LogP contribution is 2.29. The Bertz CT molecular complexity index is 1300. The van der Waals surface area contributed by atoms with Crippen molar-refractivity contribution in [2.24, 2.45) is 0 Å². The molecule has 0 aliphatic rings. The fourth-order valence-electron chi connectivity index (χ4n) is 3.67. The molecule has 0 aliphatic heterocycles. The molecule has 0 saturated carbocycles. The van der Waals surface area contributed by atoms with Gasteiger partial charge in [-0.05, 0) is 36.1 Å². The van der Waals surface area contributed by atoms with Crippen LogP contribution in [0.2, 0.25) is 0 Å². The largest absolute Gasteiger partial charge is 0.464 e. The second kappa shape index (κ2) is 18.8. The summed E-state index contributed by atoms with van der Waals surface area (Å²) in [5.41, 5.74) is 1.40. The van der Waals surface area contributed by atoms with Crippen LogP contribution in [0.1, 0.15) is 44.7 Å². The van der Waals surface area contributed by atoms with Crippen molar-refractivity contribution < 1.29 is 52.8 Å². The second-order valence-corrected chi connectivity index (χ2v) is 10.3. The molecular formula is C29H34N2O12S. The summed E-state index contributed by atoms with van der Waals surface area (Å²) in [5.74, 6) is -3.01. The van der Waals surface area contributed by atoms with E-state index in [2.05, 4.69) is 10.2 Å². The summed E-state index contributed by atoms with van der Waals surface area (Å²) >= 11 is 1.37. The maximum absolute atomic E-state index is 13.3. The highest BCUT2D eigenvalue weighted by atomic mass is 32.2. The summed E-state index contributed by atoms with van der Waals surface area (Å²) in [6, 6.07) is 12.6. The first-order chi connectivity index (χ1) is 20.9. The number of unbranched alkanes of at least 4 members (excludes halogenated alkanes) is 1. The third kappa shape index (κ3) is 14.0. The molecule has 1 amide bonds. The molecule has 238 valence electrons. The maximum atomic E-state index is 13.3. The van der Waals surface area contributed by atoms with Crippen LogP contribution in [-0.4, -0.2) is 66.0 Å². The number of carbonyl (C=O) groups is 5. The predicted octanol–water partition coefficient (Wildman–Crippen LogP) is 2.96. The summed E-state index contributed by atoms with van der Waals surface area (Å²) in [5, 5.41) is 12.0. The van der Waals surface area contributed by atoms with Crippen LogP contribution in [0.3, 0.4) is 0 Å². The van der Waals surface area contributed by atoms with Crippen molar-refractivity contribution in [3.8, 4) is 11.5 Å². The van der Waals surface area contributed by atoms with Crippen LogP contribution >= 0.6 is 11.8 Å². The lowest BCUT2D eigenvalue weighted by Crippen LogP contribution is -2.49. The van der Waals surface area contributed by atoms with Gasteiger partial charge in [0.2, 0.25) is 0 Å². The van der Waals surface area contributed by atoms with E-state index in [-0.39, 0.29) is 43.3 Å². The zero-order valence-electron chi connectivity index (χ0n) is 24.5. The number of hydrogen-bond donors (Lipinski definition) is 1. The van der Waals surface area contributed by atoms with Crippen molar-refractivity contribution in [2.45, 2.75) is 57.9 Å². The molecule has 2 atom stereocenters. The Morgan fingerprint density at radius 1 is 0.864 bits per heavy atom. The van der Waals surface area contributed by atoms with E-state index >= 15 is 0 Å². The van der Waals surface area contributed by atoms with Gasteiger partial charge in [0.15, 0.2) is 17.6 Å². The summed E-state index contributed by atoms with van der Waals surface area (Å²) in [4.78, 5) is 75.7. The minimum atomic E-state index is -1.38. The molecule has 0 aliphatic carbocycles. The van der Waals surface area contributed by atoms with E-state index in [1.54, 1.807) is 0 Å². The molecule has 1 N–H and O–H groups in total. The molecule has 0 saturated heterocycles. The van der Waals surface area contributed by atoms with Crippen LogP contribution in [0.4, 0.5) is 0 Å². The number of esters is 4. The molecule has 2 aromatic carbocycles. The average molecular weight is 635 g/mol. The maximum Gasteiger partial charge on any atom is 0.329 e. The van der Waals surface area contributed by atoms with Gasteiger partial charge in [-0.1, -0.05) is 36.4 Å². The van der Waals surface area contributed by atoms with E-state index in [0.717, 1.165) is 19.4 Å². The molecule has 0 bridgehead atoms. The number of hydrogen-bond acceptors (Lipinski definition) is 13. The standard InChI is InChI=1S/C29H34N2O12S/c1-19(32)41-25-12-11-23(15-26(25)42-20(2)33)16-27(43-21(3)34)28(35)30-24(18-44-17-22-9-5-4-6-10-22)29(36)39-13-7-8-14-40-31(37)38/h4-6,9-12,15,24,27H,7-8,13-14,16-18H2,1-3H3,(H,30,35)/t24-,27?/m0/s1. The molecule has 2 rings (SSSR count). The number of benzene rings is 2. The fraction of sp³-hybridized carbons (Fsp3) is 0.414. The monoisotopic (exact) mass is 634 g/mol. The Morgan fingerprint density at radius 2 is 1.52 bits per heavy atom. The number of nitrogens with zero attached hydrogens (tertiary/aromatic N) is 1. The van der Waals surface area contributed by atoms with Crippen molar-refractivity contribution in [2.75, 3.05) is 19.0 Å². The predicted molar refractivity (Wildman–Crippen MR) is 156 cm³/mol. The molecule has 1 unspecified atom stereocenters. The van der Waals surface area contributed by atoms with Gasteiger partial charge in [0.25, 0.3) is 11.0 Å². The van der Waals surface area contributed by atoms with Gasteiger partial charge in [-0.3, -0.25) is 19.2 Å². The van der Waals surface area contributed by atoms with Gasteiger partial charge in [0.1, 0.15) is 6.04 Å². The SMILES string of the molecule is CC(=O)Oc1ccc(CC(OC(C)=O)C(=O)N[C@@H](CSCc2ccccc2)C(=O)OCCCCO[N+](=O)[O-])cc1OC(C)=O. The van der Waals surface area contributed by atoms with Gasteiger partial charge in [-0.2, -0.15) is 11.8 Å². The minimum Gasteiger partial charge on any atom is -0.464 e. The normalized spacial score (nSPS) is 11.8. The highest BCUT2D eigenvalue weighted by molar-refractivity contribution is 7.98. The second-order valence-electron chi connectivity index (χ2n) is 9.26. The molecule has 44 heavy (non-hydrogen) atoms. The molecule has 0 fully saturated rings. The zero-order valence-corrected chi connectivity index (χ0v) is 25.3. The number of thioether (sulfide) groups is 1. The Balaban J connectivity index is 2.17. The van der Waals surface area contributed by atoms with Crippen molar-refractivity contribution in [3.63, 3.8) is 0 Å². The quantitative estimate of drug-likeness (QED) is 0.0830. The highest BCUT2D eigenvalue weighted by Gasteiger charge is 2.29. The summed E-state index contributed by atoms with van der Waals surface area (Å²) in [6.07, 6.45) is -0.989. The smallest absolute Gasteiger partial charge is 0.329 e. The number of carbonyl (C=O) groups excluding carboxylic acids is 5. The Kier molecular flexibility index (Phi) is 15.2. The number of amides is 1. The topological polar surface area (TPSA) is 187 Å². The van der Waals surface area contributed by atoms with Gasteiger partial charge in [0, 0.05) is 38.7 Å². The lowest BCUT2D eigenvalue weighted by molar-refractivity contribution is -0.757. The van der Waals surface area contributed by atoms with Crippen molar-refractivity contribution in [1.29, 1.82) is 0 Å². The van der Waals surface area contributed by atoms with E-state index in [9.17, 15) is 34.1 Å². The first-order valence-electron chi connectivity index (χ1n) is 13.5. The number of rotatable bonds is 18. The molecule has 15 heteroatoms. The van der Waals surface area contributed by atoms with Crippen LogP contribution in [0.15, 0.2) is 48.5 Å². The molecule has 14 nitrogen and oxygen atoms in total. The third-order valence-corrected chi connectivity index (χ3v) is 6.62. The molecule has 0 radical (unpaired) electrons. The van der Waals surface area contributed by atoms with E-state index in [1.165, 1.54) is 36.9 Å². The van der Waals surface area contributed by atoms with Gasteiger partial charge < -0.3 is 29.1 Å². The zero-order chi connectivity index (χ0) is 32.5. The Hall–Kier alpha value is -4.66. The number of nitrogens with one attached hydrogen (secondary N) is 1. The van der Waals surface area contributed by atoms with Crippen LogP contribution in [0.5, 0.6) is 11.5 Å². The molecule has 0 heterocycles. The van der Waals surface area contributed by atoms with Gasteiger partial charge >= 0.3 is 23.9 Å². The van der Waals surface area contributed by atoms with Crippen molar-refractivity contribution in [3.05, 3.63) is 69.8 Å². The van der Waals surface area contributed by atoms with E-state index < -0.39 is 47.0 Å². The molecular weight excluding hydrogens is 600 g/mol. The van der Waals surface area contributed by atoms with E-state index in [0.29, 0.717) is 17.7 Å². The Morgan fingerprint density at radius 3 is 2.16 bits per heavy atom. The first-order valence-corrected chi connectivity index (χ1v) is 14.6. The molecule has 0 spiro atoms. The van der Waals surface area contributed by atoms with Crippen LogP contribution in [-0.2, 0) is 50.5 Å². The van der Waals surface area contributed by atoms with E-state index in [4.69, 9.17) is 18.9 Å². The molecule has 0 aromatic heterocycles. The average Bonchev–Trinajstić information content (AvgIpc) is 2.94. The minimum absolute atomic E-state index is 0.0202. The van der Waals surface area contributed by atoms with Crippen molar-refractivity contribution >= 4 is 41.5 Å². The fourth-order valence-corrected chi connectivity index (χ4v) is 4.68. The first kappa shape index (κ1) is 35.5. The summed E-state index contributed by atoms with van der Waals surface area (Å²) in [7, 11) is 0. The van der Waals surface area contributed by atoms with Crippen molar-refractivity contribution in [1.82, 2.24) is 5.32 Å². The molecule has 2 aromatic rings. The van der Waals surface area contributed by atoms with Crippen LogP contribution in [0, 0.1) is 10.1 Å². The third-order valence-electron chi connectivity index (χ3n) is 5.51. The number of ether oxygens (including phenoxy) is 4. The van der Waals surface area contributed by atoms with E-state index in [1.807, 2.05) is 30.3 Å². The van der Waals surface area contributed by atoms with Gasteiger partial charge in [0.05, 0.1) is 13.2 Å². The van der Waals surface area contributed by atoms with Crippen LogP contribution in [0.25, 0.3) is 0 Å².